The highest BCUT2D eigenvalue weighted by molar-refractivity contribution is 6.74. The lowest BCUT2D eigenvalue weighted by atomic mass is 9.86. The van der Waals surface area contributed by atoms with Crippen LogP contribution in [-0.2, 0) is 31.9 Å². The van der Waals surface area contributed by atoms with E-state index in [2.05, 4.69) is 49.1 Å². The summed E-state index contributed by atoms with van der Waals surface area (Å²) >= 11 is 0. The third-order valence-corrected chi connectivity index (χ3v) is 19.0. The third-order valence-electron chi connectivity index (χ3n) is 14.5. The van der Waals surface area contributed by atoms with E-state index < -0.39 is 44.2 Å². The number of ether oxygens (including phenoxy) is 5. The lowest BCUT2D eigenvalue weighted by Gasteiger charge is -2.43. The number of nitrogens with one attached hydrogen (secondary N) is 2. The van der Waals surface area contributed by atoms with Gasteiger partial charge in [-0.15, -0.1) is 0 Å². The summed E-state index contributed by atoms with van der Waals surface area (Å²) in [6, 6.07) is 36.9. The Morgan fingerprint density at radius 2 is 1.54 bits per heavy atom. The molecule has 15 nitrogen and oxygen atoms in total. The number of aromatic amines is 1. The molecule has 2 bridgehead atoms. The van der Waals surface area contributed by atoms with Gasteiger partial charge in [-0.2, -0.15) is 0 Å². The Balaban J connectivity index is 0.889. The van der Waals surface area contributed by atoms with Crippen molar-refractivity contribution in [3.8, 4) is 11.5 Å². The van der Waals surface area contributed by atoms with E-state index >= 15 is 0 Å². The monoisotopic (exact) mass is 1050 g/mol. The van der Waals surface area contributed by atoms with Gasteiger partial charge in [-0.3, -0.25) is 9.69 Å². The third kappa shape index (κ3) is 14.7. The van der Waals surface area contributed by atoms with Crippen LogP contribution in [0.15, 0.2) is 131 Å². The van der Waals surface area contributed by atoms with E-state index in [1.807, 2.05) is 118 Å². The number of amides is 2. The molecule has 76 heavy (non-hydrogen) atoms. The predicted octanol–water partition coefficient (Wildman–Crippen LogP) is 12.1. The molecule has 2 aromatic heterocycles. The van der Waals surface area contributed by atoms with E-state index in [-0.39, 0.29) is 48.8 Å². The van der Waals surface area contributed by atoms with Crippen molar-refractivity contribution >= 4 is 37.4 Å². The highest BCUT2D eigenvalue weighted by Gasteiger charge is 2.41. The molecule has 3 atom stereocenters. The van der Waals surface area contributed by atoms with Gasteiger partial charge in [0, 0.05) is 24.5 Å². The Morgan fingerprint density at radius 1 is 0.816 bits per heavy atom. The number of esters is 1. The number of rotatable bonds is 21. The van der Waals surface area contributed by atoms with Crippen LogP contribution in [0.4, 0.5) is 9.59 Å². The number of fused-ring (bicyclic) bond motifs is 4. The van der Waals surface area contributed by atoms with Crippen LogP contribution < -0.4 is 20.3 Å². The molecular formula is C60H74N4O11Si. The molecule has 3 fully saturated rings. The number of hydrogen-bond acceptors (Lipinski definition) is 12. The highest BCUT2D eigenvalue weighted by atomic mass is 28.4. The Bertz CT molecular complexity index is 2960. The maximum absolute atomic E-state index is 14.1. The van der Waals surface area contributed by atoms with Crippen molar-refractivity contribution in [1.82, 2.24) is 20.1 Å². The number of alkyl carbamates (subject to hydrolysis) is 1. The second kappa shape index (κ2) is 24.4. The van der Waals surface area contributed by atoms with Crippen LogP contribution in [0.2, 0.25) is 18.1 Å². The van der Waals surface area contributed by atoms with E-state index in [9.17, 15) is 19.2 Å². The van der Waals surface area contributed by atoms with Crippen molar-refractivity contribution in [3.63, 3.8) is 0 Å². The van der Waals surface area contributed by atoms with E-state index in [1.54, 1.807) is 23.1 Å². The fraction of sp³-hybridized carbons (Fsp3) is 0.433. The van der Waals surface area contributed by atoms with E-state index in [4.69, 9.17) is 32.5 Å². The number of unbranched alkanes of at least 4 members (excludes halogenated alkanes) is 1. The highest BCUT2D eigenvalue weighted by Crippen LogP contribution is 2.42. The topological polar surface area (TPSA) is 171 Å². The summed E-state index contributed by atoms with van der Waals surface area (Å²) in [6.07, 6.45) is 1.33. The van der Waals surface area contributed by atoms with Gasteiger partial charge in [-0.1, -0.05) is 99.6 Å². The zero-order valence-corrected chi connectivity index (χ0v) is 46.2. The van der Waals surface area contributed by atoms with Crippen LogP contribution in [0, 0.1) is 5.92 Å². The van der Waals surface area contributed by atoms with Crippen LogP contribution in [0.1, 0.15) is 118 Å². The van der Waals surface area contributed by atoms with Crippen LogP contribution in [0.25, 0.3) is 10.9 Å². The van der Waals surface area contributed by atoms with Crippen molar-refractivity contribution in [2.45, 2.75) is 122 Å². The molecule has 2 N–H and O–H groups in total. The molecule has 0 spiro atoms. The quantitative estimate of drug-likeness (QED) is 0.0303. The van der Waals surface area contributed by atoms with Crippen molar-refractivity contribution in [1.29, 1.82) is 0 Å². The molecule has 3 aliphatic rings. The van der Waals surface area contributed by atoms with Gasteiger partial charge in [0.05, 0.1) is 30.8 Å². The number of nitrogens with zero attached hydrogens (tertiary/aromatic N) is 2. The maximum atomic E-state index is 14.1. The molecule has 0 radical (unpaired) electrons. The summed E-state index contributed by atoms with van der Waals surface area (Å²) in [7, 11) is -2.49. The Labute approximate surface area is 447 Å². The van der Waals surface area contributed by atoms with Gasteiger partial charge in [0.25, 0.3) is 0 Å². The fourth-order valence-electron chi connectivity index (χ4n) is 9.38. The lowest BCUT2D eigenvalue weighted by molar-refractivity contribution is -0.0336. The number of pyridine rings is 1. The normalized spacial score (nSPS) is 17.3. The molecule has 3 saturated heterocycles. The largest absolute Gasteiger partial charge is 0.487 e. The smallest absolute Gasteiger partial charge is 0.410 e. The van der Waals surface area contributed by atoms with Gasteiger partial charge in [-0.25, -0.2) is 14.4 Å². The molecule has 2 amide bonds. The van der Waals surface area contributed by atoms with E-state index in [1.165, 1.54) is 6.07 Å². The summed E-state index contributed by atoms with van der Waals surface area (Å²) in [5.41, 5.74) is 3.00. The number of aromatic nitrogens is 1. The molecule has 0 aliphatic carbocycles. The molecule has 3 aliphatic heterocycles. The Kier molecular flexibility index (Phi) is 17.8. The summed E-state index contributed by atoms with van der Waals surface area (Å²) in [4.78, 5) is 60.5. The molecule has 5 heterocycles. The minimum absolute atomic E-state index is 0.0354. The first kappa shape index (κ1) is 55.4. The molecule has 6 aromatic rings. The van der Waals surface area contributed by atoms with E-state index in [0.717, 1.165) is 60.1 Å². The standard InChI is InChI=1S/C60H74N4O11Si/c1-59(2,3)74-58(68)64(38-52(75-76(7,8)60(4,5)6)47-25-28-49(55-48(47)26-29-53(65)61-55)71-39-41-18-11-9-12-19-41)32-15-16-35-69-56(66)50-27-24-46(72-50)40-70-45-23-17-22-44(36-45)54(43-20-13-10-14-21-43)62-57(67)73-51-37-63-33-30-42(51)31-34-63/h9-14,17-29,36,42,51-52,54H,15-16,30-35,37-40H2,1-8H3,(H,61,65)(H,62,67)/t51-,52-,54?/m0/s1. The summed E-state index contributed by atoms with van der Waals surface area (Å²) in [5.74, 6) is 1.30. The van der Waals surface area contributed by atoms with Crippen molar-refractivity contribution in [2.75, 3.05) is 39.3 Å². The molecule has 404 valence electrons. The van der Waals surface area contributed by atoms with Crippen molar-refractivity contribution in [2.24, 2.45) is 5.92 Å². The first-order valence-electron chi connectivity index (χ1n) is 26.5. The van der Waals surface area contributed by atoms with Crippen LogP contribution in [-0.4, -0.2) is 92.3 Å². The van der Waals surface area contributed by atoms with Gasteiger partial charge in [0.15, 0.2) is 8.32 Å². The SMILES string of the molecule is CC(C)(C)OC(=O)N(CCCCOC(=O)c1ccc(COc2cccc(C(NC(=O)O[C@H]3CN4CCC3CC4)c3ccccc3)c2)o1)C[C@H](O[Si](C)(C)C(C)(C)C)c1ccc(OCc2ccccc2)c2[nH]c(=O)ccc12. The second-order valence-corrected chi connectivity index (χ2v) is 27.1. The number of carbonyl (C=O) groups is 3. The minimum Gasteiger partial charge on any atom is -0.487 e. The van der Waals surface area contributed by atoms with Gasteiger partial charge in [0.2, 0.25) is 11.3 Å². The first-order valence-corrected chi connectivity index (χ1v) is 29.4. The summed E-state index contributed by atoms with van der Waals surface area (Å²) in [6.45, 7) is 20.1. The maximum Gasteiger partial charge on any atom is 0.410 e. The van der Waals surface area contributed by atoms with Crippen molar-refractivity contribution in [3.05, 3.63) is 165 Å². The zero-order valence-electron chi connectivity index (χ0n) is 45.2. The predicted molar refractivity (Wildman–Crippen MR) is 294 cm³/mol. The average molecular weight is 1060 g/mol. The number of hydrogen-bond donors (Lipinski definition) is 2. The van der Waals surface area contributed by atoms with Gasteiger partial charge >= 0.3 is 18.2 Å². The Morgan fingerprint density at radius 3 is 2.24 bits per heavy atom. The molecule has 9 rings (SSSR count). The summed E-state index contributed by atoms with van der Waals surface area (Å²) < 4.78 is 43.1. The first-order chi connectivity index (χ1) is 36.3. The molecule has 16 heteroatoms. The average Bonchev–Trinajstić information content (AvgIpc) is 3.89. The minimum atomic E-state index is -2.49. The zero-order chi connectivity index (χ0) is 54.0. The number of furan rings is 1. The molecular weight excluding hydrogens is 981 g/mol. The molecule has 1 unspecified atom stereocenters. The number of benzene rings is 4. The molecule has 0 saturated carbocycles. The fourth-order valence-corrected chi connectivity index (χ4v) is 10.6. The number of H-pyrrole nitrogens is 1. The van der Waals surface area contributed by atoms with E-state index in [0.29, 0.717) is 48.1 Å². The lowest BCUT2D eigenvalue weighted by Crippen LogP contribution is -2.52. The van der Waals surface area contributed by atoms with Gasteiger partial charge in [-0.05, 0) is 142 Å². The van der Waals surface area contributed by atoms with Crippen LogP contribution in [0.5, 0.6) is 11.5 Å². The van der Waals surface area contributed by atoms with Crippen LogP contribution in [0.3, 0.4) is 0 Å². The van der Waals surface area contributed by atoms with Gasteiger partial charge < -0.3 is 47.7 Å². The Hall–Kier alpha value is -6.88. The number of carbonyl (C=O) groups excluding carboxylic acids is 3. The van der Waals surface area contributed by atoms with Crippen molar-refractivity contribution < 1.29 is 46.9 Å². The van der Waals surface area contributed by atoms with Gasteiger partial charge in [0.1, 0.15) is 42.2 Å². The second-order valence-electron chi connectivity index (χ2n) is 22.4. The number of piperidine rings is 3. The molecule has 4 aromatic carbocycles. The summed E-state index contributed by atoms with van der Waals surface area (Å²) in [5, 5.41) is 3.69. The van der Waals surface area contributed by atoms with Crippen LogP contribution >= 0.6 is 0 Å².